The Hall–Kier alpha value is -1.35. The molecule has 2 aromatic carbocycles. The molecule has 0 fully saturated rings. The van der Waals surface area contributed by atoms with Crippen LogP contribution < -0.4 is 0 Å². The number of benzene rings is 2. The highest BCUT2D eigenvalue weighted by atomic mass is 79.9. The molecule has 78 valence electrons. The summed E-state index contributed by atoms with van der Waals surface area (Å²) in [6.45, 7) is 0. The maximum Gasteiger partial charge on any atom is 0.166 e. The average Bonchev–Trinajstić information content (AvgIpc) is 2.83. The van der Waals surface area contributed by atoms with Gasteiger partial charge in [-0.05, 0) is 32.3 Å². The third-order valence-corrected chi connectivity index (χ3v) is 4.06. The Morgan fingerprint density at radius 2 is 1.81 bits per heavy atom. The Morgan fingerprint density at radius 3 is 2.62 bits per heavy atom. The Kier molecular flexibility index (Phi) is 1.56. The van der Waals surface area contributed by atoms with E-state index in [-0.39, 0.29) is 12.0 Å². The Labute approximate surface area is 101 Å². The molecular weight excluding hydrogens is 266 g/mol. The minimum atomic E-state index is 0.0653. The summed E-state index contributed by atoms with van der Waals surface area (Å²) in [7, 11) is 0. The zero-order chi connectivity index (χ0) is 10.7. The topological polar surface area (TPSA) is 21.6 Å². The molecule has 1 aliphatic carbocycles. The molecule has 3 heteroatoms. The van der Waals surface area contributed by atoms with Crippen LogP contribution in [-0.4, -0.2) is 4.62 Å². The first kappa shape index (κ1) is 8.76. The highest BCUT2D eigenvalue weighted by molar-refractivity contribution is 9.18. The number of fused-ring (bicyclic) bond motifs is 3. The van der Waals surface area contributed by atoms with Crippen LogP contribution in [0.4, 0.5) is 0 Å². The molecule has 2 atom stereocenters. The predicted molar refractivity (Wildman–Crippen MR) is 66.9 cm³/mol. The average molecular weight is 274 g/mol. The van der Waals surface area contributed by atoms with E-state index in [4.69, 9.17) is 4.84 Å². The number of oxime groups is 1. The van der Waals surface area contributed by atoms with Crippen molar-refractivity contribution in [2.45, 2.75) is 12.0 Å². The molecule has 16 heavy (non-hydrogen) atoms. The van der Waals surface area contributed by atoms with Crippen molar-refractivity contribution < 1.29 is 4.84 Å². The fraction of sp³-hybridized carbons (Fsp3) is 0.154. The number of nitrogens with zero attached hydrogens (tertiary/aromatic N) is 1. The largest absolute Gasteiger partial charge is 0.386 e. The number of rotatable bonds is 0. The molecule has 0 spiro atoms. The summed E-state index contributed by atoms with van der Waals surface area (Å²) in [4.78, 5) is 5.50. The lowest BCUT2D eigenvalue weighted by Crippen LogP contribution is -2.04. The third kappa shape index (κ3) is 0.901. The van der Waals surface area contributed by atoms with E-state index in [1.165, 1.54) is 21.9 Å². The van der Waals surface area contributed by atoms with Crippen LogP contribution in [0.1, 0.15) is 23.1 Å². The maximum absolute atomic E-state index is 5.50. The summed E-state index contributed by atoms with van der Waals surface area (Å²) in [6.07, 6.45) is 0.0653. The van der Waals surface area contributed by atoms with Crippen molar-refractivity contribution in [3.63, 3.8) is 0 Å². The van der Waals surface area contributed by atoms with E-state index in [1.54, 1.807) is 0 Å². The molecular formula is C13H8BrNO. The molecule has 1 aliphatic heterocycles. The number of hydrogen-bond donors (Lipinski definition) is 0. The Balaban J connectivity index is 2.14. The van der Waals surface area contributed by atoms with E-state index in [1.807, 2.05) is 0 Å². The van der Waals surface area contributed by atoms with Gasteiger partial charge in [0.05, 0.1) is 5.92 Å². The van der Waals surface area contributed by atoms with Gasteiger partial charge in [0.15, 0.2) is 6.10 Å². The van der Waals surface area contributed by atoms with Crippen LogP contribution in [-0.2, 0) is 4.84 Å². The lowest BCUT2D eigenvalue weighted by atomic mass is 10.0. The second kappa shape index (κ2) is 2.86. The standard InChI is InChI=1S/C13H8BrNO/c14-13-11-8-5-1-3-7-4-2-6-9(10(7)8)12(11)16-15-13/h1-6,11-12H/t11-,12-/m1/s1. The van der Waals surface area contributed by atoms with Crippen molar-refractivity contribution in [1.29, 1.82) is 0 Å². The summed E-state index contributed by atoms with van der Waals surface area (Å²) >= 11 is 3.49. The van der Waals surface area contributed by atoms with E-state index in [2.05, 4.69) is 57.5 Å². The van der Waals surface area contributed by atoms with Crippen LogP contribution in [0.25, 0.3) is 10.8 Å². The fourth-order valence-corrected chi connectivity index (χ4v) is 3.34. The Bertz CT molecular complexity index is 630. The first-order chi connectivity index (χ1) is 7.86. The monoisotopic (exact) mass is 273 g/mol. The van der Waals surface area contributed by atoms with Gasteiger partial charge in [-0.3, -0.25) is 0 Å². The van der Waals surface area contributed by atoms with Crippen LogP contribution in [0.5, 0.6) is 0 Å². The number of halogens is 1. The van der Waals surface area contributed by atoms with E-state index in [0.29, 0.717) is 0 Å². The smallest absolute Gasteiger partial charge is 0.166 e. The molecule has 2 nitrogen and oxygen atoms in total. The molecule has 4 rings (SSSR count). The zero-order valence-electron chi connectivity index (χ0n) is 8.35. The van der Waals surface area contributed by atoms with Crippen LogP contribution in [0.3, 0.4) is 0 Å². The quantitative estimate of drug-likeness (QED) is 0.717. The van der Waals surface area contributed by atoms with E-state index >= 15 is 0 Å². The first-order valence-corrected chi connectivity index (χ1v) is 6.06. The van der Waals surface area contributed by atoms with Crippen molar-refractivity contribution in [2.24, 2.45) is 5.16 Å². The van der Waals surface area contributed by atoms with E-state index in [0.717, 1.165) is 4.62 Å². The molecule has 0 saturated heterocycles. The van der Waals surface area contributed by atoms with E-state index < -0.39 is 0 Å². The molecule has 0 bridgehead atoms. The summed E-state index contributed by atoms with van der Waals surface area (Å²) in [6, 6.07) is 12.8. The normalized spacial score (nSPS) is 25.4. The summed E-state index contributed by atoms with van der Waals surface area (Å²) in [5.41, 5.74) is 2.59. The van der Waals surface area contributed by atoms with Gasteiger partial charge in [-0.2, -0.15) is 0 Å². The summed E-state index contributed by atoms with van der Waals surface area (Å²) < 4.78 is 0.904. The van der Waals surface area contributed by atoms with Crippen LogP contribution in [0.15, 0.2) is 41.6 Å². The highest BCUT2D eigenvalue weighted by Gasteiger charge is 2.42. The SMILES string of the molecule is BrC1=NO[C@@H]2c3cccc4cccc(c34)[C@@H]12. The molecule has 0 saturated carbocycles. The minimum absolute atomic E-state index is 0.0653. The second-order valence-electron chi connectivity index (χ2n) is 4.21. The Morgan fingerprint density at radius 1 is 1.06 bits per heavy atom. The van der Waals surface area contributed by atoms with Gasteiger partial charge in [0.2, 0.25) is 0 Å². The van der Waals surface area contributed by atoms with Gasteiger partial charge in [0.25, 0.3) is 0 Å². The van der Waals surface area contributed by atoms with Crippen molar-refractivity contribution in [1.82, 2.24) is 0 Å². The lowest BCUT2D eigenvalue weighted by molar-refractivity contribution is 0.0808. The number of hydrogen-bond acceptors (Lipinski definition) is 2. The predicted octanol–water partition coefficient (Wildman–Crippen LogP) is 3.72. The second-order valence-corrected chi connectivity index (χ2v) is 5.02. The maximum atomic E-state index is 5.50. The molecule has 0 N–H and O–H groups in total. The van der Waals surface area contributed by atoms with Gasteiger partial charge in [-0.15, -0.1) is 0 Å². The molecule has 1 heterocycles. The molecule has 0 amide bonds. The van der Waals surface area contributed by atoms with Gasteiger partial charge < -0.3 is 4.84 Å². The zero-order valence-corrected chi connectivity index (χ0v) is 9.94. The molecule has 0 aromatic heterocycles. The molecule has 2 aromatic rings. The third-order valence-electron chi connectivity index (χ3n) is 3.42. The van der Waals surface area contributed by atoms with Gasteiger partial charge in [0.1, 0.15) is 4.62 Å². The fourth-order valence-electron chi connectivity index (χ4n) is 2.77. The van der Waals surface area contributed by atoms with Gasteiger partial charge in [-0.1, -0.05) is 41.6 Å². The highest BCUT2D eigenvalue weighted by Crippen LogP contribution is 2.51. The molecule has 2 aliphatic rings. The van der Waals surface area contributed by atoms with Gasteiger partial charge >= 0.3 is 0 Å². The van der Waals surface area contributed by atoms with Crippen molar-refractivity contribution in [3.05, 3.63) is 47.5 Å². The van der Waals surface area contributed by atoms with E-state index in [9.17, 15) is 0 Å². The first-order valence-electron chi connectivity index (χ1n) is 5.27. The molecule has 0 unspecified atom stereocenters. The van der Waals surface area contributed by atoms with Crippen molar-refractivity contribution >= 4 is 31.3 Å². The van der Waals surface area contributed by atoms with Gasteiger partial charge in [0, 0.05) is 5.56 Å². The van der Waals surface area contributed by atoms with Crippen molar-refractivity contribution in [3.8, 4) is 0 Å². The molecule has 0 radical (unpaired) electrons. The summed E-state index contributed by atoms with van der Waals surface area (Å²) in [5, 5.41) is 6.67. The summed E-state index contributed by atoms with van der Waals surface area (Å²) in [5.74, 6) is 0.251. The van der Waals surface area contributed by atoms with Gasteiger partial charge in [-0.25, -0.2) is 0 Å². The van der Waals surface area contributed by atoms with Crippen LogP contribution in [0, 0.1) is 0 Å². The van der Waals surface area contributed by atoms with Crippen LogP contribution in [0.2, 0.25) is 0 Å². The lowest BCUT2D eigenvalue weighted by Gasteiger charge is -2.08. The van der Waals surface area contributed by atoms with Crippen molar-refractivity contribution in [2.75, 3.05) is 0 Å². The minimum Gasteiger partial charge on any atom is -0.386 e. The van der Waals surface area contributed by atoms with Crippen LogP contribution >= 0.6 is 15.9 Å².